The van der Waals surface area contributed by atoms with E-state index < -0.39 is 11.7 Å². The summed E-state index contributed by atoms with van der Waals surface area (Å²) in [5, 5.41) is 7.12. The molecule has 0 spiro atoms. The lowest BCUT2D eigenvalue weighted by Crippen LogP contribution is -2.10. The smallest absolute Gasteiger partial charge is 0.398 e. The molecule has 1 aromatic heterocycles. The van der Waals surface area contributed by atoms with Gasteiger partial charge in [-0.2, -0.15) is 18.3 Å². The molecule has 20 heavy (non-hydrogen) atoms. The molecule has 0 fully saturated rings. The lowest BCUT2D eigenvalue weighted by molar-refractivity contribution is -0.136. The van der Waals surface area contributed by atoms with Gasteiger partial charge in [-0.1, -0.05) is 0 Å². The maximum Gasteiger partial charge on any atom is 0.418 e. The predicted molar refractivity (Wildman–Crippen MR) is 71.1 cm³/mol. The molecule has 0 saturated carbocycles. The summed E-state index contributed by atoms with van der Waals surface area (Å²) in [4.78, 5) is 0. The van der Waals surface area contributed by atoms with Gasteiger partial charge in [0, 0.05) is 36.7 Å². The molecule has 0 amide bonds. The molecule has 0 aliphatic carbocycles. The Labute approximate surface area is 114 Å². The molecule has 1 heterocycles. The van der Waals surface area contributed by atoms with E-state index in [1.807, 2.05) is 13.1 Å². The molecular weight excluding hydrogens is 269 g/mol. The fourth-order valence-electron chi connectivity index (χ4n) is 1.93. The van der Waals surface area contributed by atoms with Gasteiger partial charge in [0.25, 0.3) is 0 Å². The quantitative estimate of drug-likeness (QED) is 0.852. The second-order valence-corrected chi connectivity index (χ2v) is 4.57. The van der Waals surface area contributed by atoms with Crippen LogP contribution in [0.4, 0.5) is 24.5 Å². The first-order valence-electron chi connectivity index (χ1n) is 5.97. The topological polar surface area (TPSA) is 55.9 Å². The van der Waals surface area contributed by atoms with Crippen LogP contribution in [0.5, 0.6) is 0 Å². The minimum Gasteiger partial charge on any atom is -0.398 e. The van der Waals surface area contributed by atoms with Crippen molar-refractivity contribution in [2.75, 3.05) is 11.1 Å². The lowest BCUT2D eigenvalue weighted by Gasteiger charge is -2.12. The first-order chi connectivity index (χ1) is 9.27. The summed E-state index contributed by atoms with van der Waals surface area (Å²) in [6, 6.07) is 3.79. The van der Waals surface area contributed by atoms with E-state index in [1.165, 1.54) is 12.1 Å². The van der Waals surface area contributed by atoms with Crippen LogP contribution in [0.15, 0.2) is 24.4 Å². The Bertz CT molecular complexity index is 617. The van der Waals surface area contributed by atoms with Gasteiger partial charge in [0.05, 0.1) is 11.3 Å². The standard InChI is InChI=1S/C13H15F3N4/c1-8-9(7-20(2)19-8)6-18-10-3-4-12(17)11(5-10)13(14,15)16/h3-5,7,18H,6,17H2,1-2H3. The maximum atomic E-state index is 12.7. The molecule has 2 aromatic rings. The molecule has 108 valence electrons. The molecule has 1 aromatic carbocycles. The summed E-state index contributed by atoms with van der Waals surface area (Å²) in [5.41, 5.74) is 6.38. The van der Waals surface area contributed by atoms with Gasteiger partial charge in [0.1, 0.15) is 0 Å². The zero-order valence-corrected chi connectivity index (χ0v) is 11.1. The zero-order valence-electron chi connectivity index (χ0n) is 11.1. The van der Waals surface area contributed by atoms with E-state index in [9.17, 15) is 13.2 Å². The Morgan fingerprint density at radius 3 is 2.60 bits per heavy atom. The van der Waals surface area contributed by atoms with E-state index in [0.717, 1.165) is 17.3 Å². The number of hydrogen-bond donors (Lipinski definition) is 2. The number of nitrogen functional groups attached to an aromatic ring is 1. The number of anilines is 2. The molecule has 0 radical (unpaired) electrons. The van der Waals surface area contributed by atoms with Gasteiger partial charge in [0.2, 0.25) is 0 Å². The Kier molecular flexibility index (Phi) is 3.61. The van der Waals surface area contributed by atoms with Crippen LogP contribution < -0.4 is 11.1 Å². The van der Waals surface area contributed by atoms with Gasteiger partial charge < -0.3 is 11.1 Å². The SMILES string of the molecule is Cc1nn(C)cc1CNc1ccc(N)c(C(F)(F)F)c1. The Balaban J connectivity index is 2.16. The van der Waals surface area contributed by atoms with Crippen LogP contribution in [-0.4, -0.2) is 9.78 Å². The molecule has 0 unspecified atom stereocenters. The van der Waals surface area contributed by atoms with Crippen molar-refractivity contribution in [3.05, 3.63) is 41.2 Å². The zero-order chi connectivity index (χ0) is 14.9. The normalized spacial score (nSPS) is 11.7. The van der Waals surface area contributed by atoms with Crippen molar-refractivity contribution in [1.29, 1.82) is 0 Å². The van der Waals surface area contributed by atoms with Gasteiger partial charge in [-0.3, -0.25) is 4.68 Å². The van der Waals surface area contributed by atoms with E-state index in [0.29, 0.717) is 12.2 Å². The molecule has 0 bridgehead atoms. The molecule has 0 aliphatic rings. The van der Waals surface area contributed by atoms with Crippen LogP contribution in [-0.2, 0) is 19.8 Å². The van der Waals surface area contributed by atoms with Gasteiger partial charge in [0.15, 0.2) is 0 Å². The van der Waals surface area contributed by atoms with Crippen LogP contribution in [0.3, 0.4) is 0 Å². The Morgan fingerprint density at radius 1 is 1.35 bits per heavy atom. The molecule has 4 nitrogen and oxygen atoms in total. The van der Waals surface area contributed by atoms with Crippen LogP contribution in [0, 0.1) is 6.92 Å². The average molecular weight is 284 g/mol. The molecule has 7 heteroatoms. The number of halogens is 3. The van der Waals surface area contributed by atoms with E-state index in [1.54, 1.807) is 11.7 Å². The van der Waals surface area contributed by atoms with Crippen molar-refractivity contribution in [2.45, 2.75) is 19.6 Å². The second-order valence-electron chi connectivity index (χ2n) is 4.57. The lowest BCUT2D eigenvalue weighted by atomic mass is 10.1. The highest BCUT2D eigenvalue weighted by Crippen LogP contribution is 2.35. The van der Waals surface area contributed by atoms with Crippen molar-refractivity contribution < 1.29 is 13.2 Å². The largest absolute Gasteiger partial charge is 0.418 e. The number of alkyl halides is 3. The fraction of sp³-hybridized carbons (Fsp3) is 0.308. The predicted octanol–water partition coefficient (Wildman–Crippen LogP) is 2.94. The first kappa shape index (κ1) is 14.2. The minimum atomic E-state index is -4.45. The fourth-order valence-corrected chi connectivity index (χ4v) is 1.93. The number of nitrogens with zero attached hydrogens (tertiary/aromatic N) is 2. The molecule has 3 N–H and O–H groups in total. The third-order valence-electron chi connectivity index (χ3n) is 2.96. The molecule has 0 saturated heterocycles. The molecule has 0 aliphatic heterocycles. The number of rotatable bonds is 3. The third-order valence-corrected chi connectivity index (χ3v) is 2.96. The summed E-state index contributed by atoms with van der Waals surface area (Å²) in [7, 11) is 1.79. The van der Waals surface area contributed by atoms with Crippen LogP contribution >= 0.6 is 0 Å². The maximum absolute atomic E-state index is 12.7. The Morgan fingerprint density at radius 2 is 2.05 bits per heavy atom. The molecule has 2 rings (SSSR count). The van der Waals surface area contributed by atoms with Crippen molar-refractivity contribution in [1.82, 2.24) is 9.78 Å². The van der Waals surface area contributed by atoms with Crippen LogP contribution in [0.1, 0.15) is 16.8 Å². The third kappa shape index (κ3) is 3.04. The molecule has 0 atom stereocenters. The summed E-state index contributed by atoms with van der Waals surface area (Å²) in [6.45, 7) is 2.25. The van der Waals surface area contributed by atoms with Crippen molar-refractivity contribution in [3.8, 4) is 0 Å². The minimum absolute atomic E-state index is 0.277. The number of hydrogen-bond acceptors (Lipinski definition) is 3. The van der Waals surface area contributed by atoms with Crippen molar-refractivity contribution in [2.24, 2.45) is 7.05 Å². The highest BCUT2D eigenvalue weighted by molar-refractivity contribution is 5.58. The highest BCUT2D eigenvalue weighted by atomic mass is 19.4. The summed E-state index contributed by atoms with van der Waals surface area (Å²) >= 11 is 0. The van der Waals surface area contributed by atoms with Gasteiger partial charge in [-0.15, -0.1) is 0 Å². The van der Waals surface area contributed by atoms with Gasteiger partial charge >= 0.3 is 6.18 Å². The number of aromatic nitrogens is 2. The number of nitrogens with one attached hydrogen (secondary N) is 1. The monoisotopic (exact) mass is 284 g/mol. The van der Waals surface area contributed by atoms with Crippen LogP contribution in [0.25, 0.3) is 0 Å². The van der Waals surface area contributed by atoms with Gasteiger partial charge in [-0.05, 0) is 25.1 Å². The average Bonchev–Trinajstić information content (AvgIpc) is 2.65. The van der Waals surface area contributed by atoms with E-state index >= 15 is 0 Å². The summed E-state index contributed by atoms with van der Waals surface area (Å²) in [5.74, 6) is 0. The number of benzene rings is 1. The first-order valence-corrected chi connectivity index (χ1v) is 5.97. The summed E-state index contributed by atoms with van der Waals surface area (Å²) in [6.07, 6.45) is -2.63. The van der Waals surface area contributed by atoms with Crippen molar-refractivity contribution >= 4 is 11.4 Å². The van der Waals surface area contributed by atoms with E-state index in [2.05, 4.69) is 10.4 Å². The van der Waals surface area contributed by atoms with Crippen molar-refractivity contribution in [3.63, 3.8) is 0 Å². The highest BCUT2D eigenvalue weighted by Gasteiger charge is 2.33. The number of nitrogens with two attached hydrogens (primary N) is 1. The van der Waals surface area contributed by atoms with E-state index in [4.69, 9.17) is 5.73 Å². The van der Waals surface area contributed by atoms with E-state index in [-0.39, 0.29) is 5.69 Å². The Hall–Kier alpha value is -2.18. The summed E-state index contributed by atoms with van der Waals surface area (Å²) < 4.78 is 39.9. The second kappa shape index (κ2) is 5.07. The number of aryl methyl sites for hydroxylation is 2. The van der Waals surface area contributed by atoms with Gasteiger partial charge in [-0.25, -0.2) is 0 Å². The van der Waals surface area contributed by atoms with Crippen LogP contribution in [0.2, 0.25) is 0 Å². The molecular formula is C13H15F3N4.